The van der Waals surface area contributed by atoms with Gasteiger partial charge in [0.15, 0.2) is 0 Å². The van der Waals surface area contributed by atoms with Crippen molar-refractivity contribution < 1.29 is 9.53 Å². The number of esters is 1. The van der Waals surface area contributed by atoms with Crippen molar-refractivity contribution in [3.63, 3.8) is 0 Å². The summed E-state index contributed by atoms with van der Waals surface area (Å²) in [5.74, 6) is 0.132. The maximum Gasteiger partial charge on any atom is 0.312 e. The molecule has 0 saturated carbocycles. The first-order chi connectivity index (χ1) is 10.1. The number of carbonyl (C=O) groups excluding carboxylic acids is 1. The highest BCUT2D eigenvalue weighted by atomic mass is 16.5. The molecule has 0 fully saturated rings. The van der Waals surface area contributed by atoms with Crippen molar-refractivity contribution in [2.75, 3.05) is 0 Å². The Morgan fingerprint density at radius 2 is 1.73 bits per heavy atom. The molecule has 1 atom stereocenters. The topological polar surface area (TPSA) is 26.3 Å². The average Bonchev–Trinajstić information content (AvgIpc) is 2.43. The van der Waals surface area contributed by atoms with Gasteiger partial charge in [0, 0.05) is 0 Å². The smallest absolute Gasteiger partial charge is 0.312 e. The molecular weight excluding hydrogens is 272 g/mol. The fourth-order valence-electron chi connectivity index (χ4n) is 2.68. The summed E-state index contributed by atoms with van der Waals surface area (Å²) in [4.78, 5) is 12.6. The molecule has 0 spiro atoms. The third-order valence-electron chi connectivity index (χ3n) is 4.22. The fourth-order valence-corrected chi connectivity index (χ4v) is 2.68. The van der Waals surface area contributed by atoms with Crippen molar-refractivity contribution in [1.29, 1.82) is 0 Å². The summed E-state index contributed by atoms with van der Waals surface area (Å²) in [6.45, 7) is 16.7. The molecule has 22 heavy (non-hydrogen) atoms. The van der Waals surface area contributed by atoms with Crippen molar-refractivity contribution in [1.82, 2.24) is 0 Å². The van der Waals surface area contributed by atoms with E-state index in [2.05, 4.69) is 41.2 Å². The Hall–Kier alpha value is -1.57. The number of hydrogen-bond donors (Lipinski definition) is 0. The second kappa shape index (κ2) is 7.13. The van der Waals surface area contributed by atoms with Crippen LogP contribution < -0.4 is 0 Å². The molecule has 0 aliphatic rings. The molecule has 1 rings (SSSR count). The van der Waals surface area contributed by atoms with Crippen LogP contribution in [0.5, 0.6) is 0 Å². The molecule has 0 bridgehead atoms. The lowest BCUT2D eigenvalue weighted by Crippen LogP contribution is -2.38. The van der Waals surface area contributed by atoms with Crippen LogP contribution in [-0.4, -0.2) is 5.97 Å². The van der Waals surface area contributed by atoms with Gasteiger partial charge in [0.1, 0.15) is 6.61 Å². The minimum atomic E-state index is -0.459. The van der Waals surface area contributed by atoms with Gasteiger partial charge in [-0.1, -0.05) is 71.5 Å². The predicted molar refractivity (Wildman–Crippen MR) is 93.3 cm³/mol. The molecule has 0 amide bonds. The highest BCUT2D eigenvalue weighted by Crippen LogP contribution is 2.40. The molecule has 0 aliphatic heterocycles. The molecule has 1 aromatic rings. The van der Waals surface area contributed by atoms with E-state index in [-0.39, 0.29) is 17.3 Å². The number of benzene rings is 1. The second-order valence-electron chi connectivity index (χ2n) is 7.83. The number of carbonyl (C=O) groups is 1. The van der Waals surface area contributed by atoms with Crippen molar-refractivity contribution in [3.05, 3.63) is 42.0 Å². The van der Waals surface area contributed by atoms with Gasteiger partial charge >= 0.3 is 5.97 Å². The lowest BCUT2D eigenvalue weighted by molar-refractivity contribution is -0.161. The molecule has 2 heteroatoms. The number of ether oxygens (including phenoxy) is 1. The van der Waals surface area contributed by atoms with E-state index < -0.39 is 5.41 Å². The van der Waals surface area contributed by atoms with E-state index in [0.29, 0.717) is 6.61 Å². The van der Waals surface area contributed by atoms with Gasteiger partial charge in [-0.2, -0.15) is 0 Å². The number of rotatable bonds is 6. The van der Waals surface area contributed by atoms with Gasteiger partial charge in [0.05, 0.1) is 5.41 Å². The van der Waals surface area contributed by atoms with Crippen LogP contribution in [0.3, 0.4) is 0 Å². The van der Waals surface area contributed by atoms with Crippen molar-refractivity contribution in [2.45, 2.75) is 54.6 Å². The summed E-state index contributed by atoms with van der Waals surface area (Å²) in [6, 6.07) is 7.90. The summed E-state index contributed by atoms with van der Waals surface area (Å²) in [5.41, 5.74) is 1.69. The van der Waals surface area contributed by atoms with Crippen molar-refractivity contribution >= 4 is 12.0 Å². The molecule has 0 aromatic heterocycles. The third kappa shape index (κ3) is 5.01. The standard InChI is InChI=1S/C20H30O2/c1-8-16-9-11-17(12-10-16)13-22-18(21)20(7,15(2)3)14-19(4,5)6/h8-12,15H,1,13-14H2,2-7H3. The van der Waals surface area contributed by atoms with Crippen LogP contribution in [-0.2, 0) is 16.1 Å². The van der Waals surface area contributed by atoms with E-state index in [1.165, 1.54) is 0 Å². The minimum absolute atomic E-state index is 0.0870. The summed E-state index contributed by atoms with van der Waals surface area (Å²) >= 11 is 0. The summed E-state index contributed by atoms with van der Waals surface area (Å²) in [6.07, 6.45) is 2.61. The van der Waals surface area contributed by atoms with Gasteiger partial charge < -0.3 is 4.74 Å². The Kier molecular flexibility index (Phi) is 5.99. The third-order valence-corrected chi connectivity index (χ3v) is 4.22. The maximum absolute atomic E-state index is 12.6. The van der Waals surface area contributed by atoms with Gasteiger partial charge in [-0.05, 0) is 35.8 Å². The first-order valence-corrected chi connectivity index (χ1v) is 7.97. The Labute approximate surface area is 135 Å². The zero-order chi connectivity index (χ0) is 17.0. The molecule has 1 aromatic carbocycles. The van der Waals surface area contributed by atoms with Crippen LogP contribution in [0.15, 0.2) is 30.8 Å². The Morgan fingerprint density at radius 1 is 1.18 bits per heavy atom. The van der Waals surface area contributed by atoms with Crippen LogP contribution in [0.25, 0.3) is 6.08 Å². The van der Waals surface area contributed by atoms with Crippen LogP contribution >= 0.6 is 0 Å². The number of hydrogen-bond acceptors (Lipinski definition) is 2. The fraction of sp³-hybridized carbons (Fsp3) is 0.550. The van der Waals surface area contributed by atoms with E-state index in [1.54, 1.807) is 6.08 Å². The Balaban J connectivity index is 2.76. The average molecular weight is 302 g/mol. The zero-order valence-corrected chi connectivity index (χ0v) is 14.9. The Morgan fingerprint density at radius 3 is 2.14 bits per heavy atom. The first kappa shape index (κ1) is 18.5. The Bertz CT molecular complexity index is 506. The maximum atomic E-state index is 12.6. The zero-order valence-electron chi connectivity index (χ0n) is 14.9. The molecule has 122 valence electrons. The normalized spacial score (nSPS) is 14.5. The highest BCUT2D eigenvalue weighted by molar-refractivity contribution is 5.76. The van der Waals surface area contributed by atoms with Crippen LogP contribution in [0.4, 0.5) is 0 Å². The largest absolute Gasteiger partial charge is 0.460 e. The molecular formula is C20H30O2. The molecule has 1 unspecified atom stereocenters. The highest BCUT2D eigenvalue weighted by Gasteiger charge is 2.41. The SMILES string of the molecule is C=Cc1ccc(COC(=O)C(C)(CC(C)(C)C)C(C)C)cc1. The lowest BCUT2D eigenvalue weighted by atomic mass is 9.69. The molecule has 0 heterocycles. The lowest BCUT2D eigenvalue weighted by Gasteiger charge is -2.36. The van der Waals surface area contributed by atoms with E-state index in [9.17, 15) is 4.79 Å². The molecule has 2 nitrogen and oxygen atoms in total. The van der Waals surface area contributed by atoms with Gasteiger partial charge in [-0.3, -0.25) is 4.79 Å². The monoisotopic (exact) mass is 302 g/mol. The second-order valence-corrected chi connectivity index (χ2v) is 7.83. The minimum Gasteiger partial charge on any atom is -0.460 e. The quantitative estimate of drug-likeness (QED) is 0.651. The predicted octanol–water partition coefficient (Wildman–Crippen LogP) is 5.47. The van der Waals surface area contributed by atoms with Crippen molar-refractivity contribution in [3.8, 4) is 0 Å². The van der Waals surface area contributed by atoms with Gasteiger partial charge in [0.25, 0.3) is 0 Å². The molecule has 0 N–H and O–H groups in total. The van der Waals surface area contributed by atoms with E-state index >= 15 is 0 Å². The van der Waals surface area contributed by atoms with Crippen LogP contribution in [0.2, 0.25) is 0 Å². The molecule has 0 radical (unpaired) electrons. The van der Waals surface area contributed by atoms with Crippen LogP contribution in [0, 0.1) is 16.7 Å². The first-order valence-electron chi connectivity index (χ1n) is 7.97. The van der Waals surface area contributed by atoms with E-state index in [0.717, 1.165) is 17.5 Å². The molecule has 0 aliphatic carbocycles. The van der Waals surface area contributed by atoms with E-state index in [1.807, 2.05) is 31.2 Å². The van der Waals surface area contributed by atoms with Crippen LogP contribution in [0.1, 0.15) is 59.1 Å². The van der Waals surface area contributed by atoms with Gasteiger partial charge in [-0.25, -0.2) is 0 Å². The van der Waals surface area contributed by atoms with Crippen molar-refractivity contribution in [2.24, 2.45) is 16.7 Å². The van der Waals surface area contributed by atoms with E-state index in [4.69, 9.17) is 4.74 Å². The molecule has 0 saturated heterocycles. The summed E-state index contributed by atoms with van der Waals surface area (Å²) in [7, 11) is 0. The van der Waals surface area contributed by atoms with Gasteiger partial charge in [-0.15, -0.1) is 0 Å². The summed E-state index contributed by atoms with van der Waals surface area (Å²) < 4.78 is 5.61. The summed E-state index contributed by atoms with van der Waals surface area (Å²) in [5, 5.41) is 0. The van der Waals surface area contributed by atoms with Gasteiger partial charge in [0.2, 0.25) is 0 Å².